The molecule has 4 rings (SSSR count). The van der Waals surface area contributed by atoms with E-state index < -0.39 is 10.0 Å². The van der Waals surface area contributed by atoms with Crippen molar-refractivity contribution in [1.82, 2.24) is 24.2 Å². The molecule has 1 N–H and O–H groups in total. The molecule has 4 heterocycles. The van der Waals surface area contributed by atoms with Gasteiger partial charge in [0.15, 0.2) is 0 Å². The molecule has 1 aliphatic rings. The van der Waals surface area contributed by atoms with E-state index in [4.69, 9.17) is 0 Å². The Morgan fingerprint density at radius 3 is 2.46 bits per heavy atom. The Balaban J connectivity index is 1.55. The quantitative estimate of drug-likeness (QED) is 0.748. The van der Waals surface area contributed by atoms with E-state index in [1.807, 2.05) is 24.8 Å². The van der Waals surface area contributed by atoms with E-state index in [0.29, 0.717) is 43.2 Å². The van der Waals surface area contributed by atoms with Gasteiger partial charge in [-0.3, -0.25) is 0 Å². The summed E-state index contributed by atoms with van der Waals surface area (Å²) in [6.45, 7) is 5.77. The summed E-state index contributed by atoms with van der Waals surface area (Å²) in [5, 5.41) is 0.618. The number of anilines is 1. The first-order chi connectivity index (χ1) is 12.4. The average Bonchev–Trinajstić information content (AvgIpc) is 3.06. The summed E-state index contributed by atoms with van der Waals surface area (Å²) in [7, 11) is -3.57. The van der Waals surface area contributed by atoms with Crippen LogP contribution in [0.15, 0.2) is 35.5 Å². The minimum Gasteiger partial charge on any atom is -0.345 e. The van der Waals surface area contributed by atoms with Crippen molar-refractivity contribution in [2.24, 2.45) is 0 Å². The highest BCUT2D eigenvalue weighted by Crippen LogP contribution is 2.25. The van der Waals surface area contributed by atoms with Crippen molar-refractivity contribution in [3.05, 3.63) is 42.0 Å². The molecule has 1 aliphatic heterocycles. The topological polar surface area (TPSA) is 95.1 Å². The molecule has 0 saturated carbocycles. The van der Waals surface area contributed by atoms with Crippen molar-refractivity contribution in [1.29, 1.82) is 0 Å². The number of nitrogens with one attached hydrogen (secondary N) is 1. The minimum atomic E-state index is -3.57. The first-order valence-corrected chi connectivity index (χ1v) is 9.88. The average molecular weight is 372 g/mol. The Bertz CT molecular complexity index is 1030. The van der Waals surface area contributed by atoms with Crippen LogP contribution in [0, 0.1) is 13.8 Å². The van der Waals surface area contributed by atoms with Gasteiger partial charge in [-0.25, -0.2) is 23.4 Å². The van der Waals surface area contributed by atoms with Crippen LogP contribution in [-0.4, -0.2) is 58.8 Å². The van der Waals surface area contributed by atoms with Gasteiger partial charge >= 0.3 is 0 Å². The summed E-state index contributed by atoms with van der Waals surface area (Å²) in [6.07, 6.45) is 3.16. The van der Waals surface area contributed by atoms with Gasteiger partial charge < -0.3 is 9.88 Å². The van der Waals surface area contributed by atoms with Crippen molar-refractivity contribution >= 4 is 27.0 Å². The van der Waals surface area contributed by atoms with E-state index in [1.54, 1.807) is 18.3 Å². The fraction of sp³-hybridized carbons (Fsp3) is 0.353. The fourth-order valence-electron chi connectivity index (χ4n) is 3.26. The first kappa shape index (κ1) is 16.9. The van der Waals surface area contributed by atoms with Gasteiger partial charge in [-0.15, -0.1) is 0 Å². The Morgan fingerprint density at radius 1 is 1.08 bits per heavy atom. The fourth-order valence-corrected chi connectivity index (χ4v) is 4.83. The number of aryl methyl sites for hydroxylation is 2. The number of H-pyrrole nitrogens is 1. The van der Waals surface area contributed by atoms with Gasteiger partial charge in [0.25, 0.3) is 0 Å². The molecule has 8 nitrogen and oxygen atoms in total. The van der Waals surface area contributed by atoms with Crippen LogP contribution in [0.25, 0.3) is 11.0 Å². The number of piperazine rings is 1. The van der Waals surface area contributed by atoms with Gasteiger partial charge in [0.2, 0.25) is 16.0 Å². The van der Waals surface area contributed by atoms with Crippen LogP contribution in [0.1, 0.15) is 11.4 Å². The first-order valence-electron chi connectivity index (χ1n) is 8.44. The van der Waals surface area contributed by atoms with E-state index in [1.165, 1.54) is 10.5 Å². The Kier molecular flexibility index (Phi) is 4.12. The standard InChI is InChI=1S/C17H20N6O2S/c1-12-10-13(2)21-17(20-12)22-6-8-23(9-7-22)26(24,25)15-11-19-16-14(15)4-3-5-18-16/h3-5,10-11H,6-9H2,1-2H3,(H,18,19). The van der Waals surface area contributed by atoms with E-state index in [-0.39, 0.29) is 4.90 Å². The molecule has 0 amide bonds. The maximum atomic E-state index is 13.0. The second kappa shape index (κ2) is 6.33. The third-order valence-corrected chi connectivity index (χ3v) is 6.46. The van der Waals surface area contributed by atoms with Crippen molar-refractivity contribution in [3.63, 3.8) is 0 Å². The van der Waals surface area contributed by atoms with Crippen LogP contribution in [0.2, 0.25) is 0 Å². The normalized spacial score (nSPS) is 16.3. The van der Waals surface area contributed by atoms with Gasteiger partial charge in [-0.05, 0) is 32.0 Å². The molecule has 0 bridgehead atoms. The van der Waals surface area contributed by atoms with Gasteiger partial charge in [0.05, 0.1) is 0 Å². The smallest absolute Gasteiger partial charge is 0.245 e. The zero-order valence-electron chi connectivity index (χ0n) is 14.7. The number of hydrogen-bond donors (Lipinski definition) is 1. The summed E-state index contributed by atoms with van der Waals surface area (Å²) in [5.41, 5.74) is 2.40. The third-order valence-electron chi connectivity index (χ3n) is 4.52. The Labute approximate surface area is 152 Å². The predicted octanol–water partition coefficient (Wildman–Crippen LogP) is 1.48. The molecule has 0 spiro atoms. The second-order valence-corrected chi connectivity index (χ2v) is 8.30. The molecule has 0 radical (unpaired) electrons. The lowest BCUT2D eigenvalue weighted by atomic mass is 10.3. The van der Waals surface area contributed by atoms with Crippen LogP contribution >= 0.6 is 0 Å². The molecule has 9 heteroatoms. The molecule has 0 aliphatic carbocycles. The summed E-state index contributed by atoms with van der Waals surface area (Å²) < 4.78 is 27.6. The van der Waals surface area contributed by atoms with Gasteiger partial charge in [0, 0.05) is 55.3 Å². The SMILES string of the molecule is Cc1cc(C)nc(N2CCN(S(=O)(=O)c3c[nH]c4ncccc34)CC2)n1. The lowest BCUT2D eigenvalue weighted by Gasteiger charge is -2.34. The van der Waals surface area contributed by atoms with Crippen LogP contribution in [0.3, 0.4) is 0 Å². The number of aromatic amines is 1. The van der Waals surface area contributed by atoms with E-state index in [2.05, 4.69) is 19.9 Å². The maximum Gasteiger partial charge on any atom is 0.245 e. The van der Waals surface area contributed by atoms with Crippen LogP contribution < -0.4 is 4.90 Å². The lowest BCUT2D eigenvalue weighted by Crippen LogP contribution is -2.49. The zero-order valence-corrected chi connectivity index (χ0v) is 15.5. The molecule has 26 heavy (non-hydrogen) atoms. The van der Waals surface area contributed by atoms with Crippen molar-refractivity contribution in [3.8, 4) is 0 Å². The monoisotopic (exact) mass is 372 g/mol. The van der Waals surface area contributed by atoms with Crippen molar-refractivity contribution in [2.75, 3.05) is 31.1 Å². The minimum absolute atomic E-state index is 0.275. The molecule has 0 atom stereocenters. The summed E-state index contributed by atoms with van der Waals surface area (Å²) in [5.74, 6) is 0.663. The van der Waals surface area contributed by atoms with E-state index in [9.17, 15) is 8.42 Å². The molecular weight excluding hydrogens is 352 g/mol. The third kappa shape index (κ3) is 2.93. The zero-order chi connectivity index (χ0) is 18.3. The van der Waals surface area contributed by atoms with Gasteiger partial charge in [0.1, 0.15) is 10.5 Å². The molecule has 0 aromatic carbocycles. The summed E-state index contributed by atoms with van der Waals surface area (Å²) in [4.78, 5) is 18.3. The Hall–Kier alpha value is -2.52. The van der Waals surface area contributed by atoms with E-state index >= 15 is 0 Å². The number of nitrogens with zero attached hydrogens (tertiary/aromatic N) is 5. The second-order valence-electron chi connectivity index (χ2n) is 6.39. The summed E-state index contributed by atoms with van der Waals surface area (Å²) in [6, 6.07) is 5.44. The van der Waals surface area contributed by atoms with Gasteiger partial charge in [-0.1, -0.05) is 0 Å². The largest absolute Gasteiger partial charge is 0.345 e. The highest BCUT2D eigenvalue weighted by Gasteiger charge is 2.31. The van der Waals surface area contributed by atoms with E-state index in [0.717, 1.165) is 11.4 Å². The number of aromatic nitrogens is 4. The van der Waals surface area contributed by atoms with Crippen molar-refractivity contribution in [2.45, 2.75) is 18.7 Å². The molecule has 136 valence electrons. The van der Waals surface area contributed by atoms with Crippen LogP contribution in [0.4, 0.5) is 5.95 Å². The molecule has 1 saturated heterocycles. The number of fused-ring (bicyclic) bond motifs is 1. The summed E-state index contributed by atoms with van der Waals surface area (Å²) >= 11 is 0. The highest BCUT2D eigenvalue weighted by atomic mass is 32.2. The van der Waals surface area contributed by atoms with Crippen molar-refractivity contribution < 1.29 is 8.42 Å². The molecule has 0 unspecified atom stereocenters. The lowest BCUT2D eigenvalue weighted by molar-refractivity contribution is 0.383. The Morgan fingerprint density at radius 2 is 1.77 bits per heavy atom. The number of rotatable bonds is 3. The molecular formula is C17H20N6O2S. The van der Waals surface area contributed by atoms with Crippen LogP contribution in [-0.2, 0) is 10.0 Å². The van der Waals surface area contributed by atoms with Gasteiger partial charge in [-0.2, -0.15) is 4.31 Å². The van der Waals surface area contributed by atoms with Crippen LogP contribution in [0.5, 0.6) is 0 Å². The number of hydrogen-bond acceptors (Lipinski definition) is 6. The number of sulfonamides is 1. The molecule has 3 aromatic heterocycles. The molecule has 3 aromatic rings. The maximum absolute atomic E-state index is 13.0. The predicted molar refractivity (Wildman–Crippen MR) is 98.6 cm³/mol. The molecule has 1 fully saturated rings. The highest BCUT2D eigenvalue weighted by molar-refractivity contribution is 7.89. The number of pyridine rings is 1.